The number of hydrogen-bond donors (Lipinski definition) is 1. The Balaban J connectivity index is 1.98. The van der Waals surface area contributed by atoms with Gasteiger partial charge in [0.2, 0.25) is 5.88 Å². The summed E-state index contributed by atoms with van der Waals surface area (Å²) in [5, 5.41) is 10.9. The zero-order chi connectivity index (χ0) is 8.39. The molecule has 0 aliphatic carbocycles. The third-order valence-corrected chi connectivity index (χ3v) is 1.80. The summed E-state index contributed by atoms with van der Waals surface area (Å²) in [6.07, 6.45) is 0.280. The second-order valence-corrected chi connectivity index (χ2v) is 2.91. The van der Waals surface area contributed by atoms with Crippen LogP contribution in [0.5, 0.6) is 5.88 Å². The fourth-order valence-electron chi connectivity index (χ4n) is 0.966. The van der Waals surface area contributed by atoms with Gasteiger partial charge < -0.3 is 10.1 Å². The van der Waals surface area contributed by atoms with Crippen molar-refractivity contribution in [1.82, 2.24) is 15.5 Å². The summed E-state index contributed by atoms with van der Waals surface area (Å²) < 4.78 is 5.47. The highest BCUT2D eigenvalue weighted by atomic mass is 16.5. The van der Waals surface area contributed by atoms with E-state index < -0.39 is 0 Å². The van der Waals surface area contributed by atoms with E-state index in [1.807, 2.05) is 19.1 Å². The van der Waals surface area contributed by atoms with E-state index in [1.165, 1.54) is 0 Å². The van der Waals surface area contributed by atoms with E-state index in [4.69, 9.17) is 4.74 Å². The van der Waals surface area contributed by atoms with Crippen molar-refractivity contribution >= 4 is 0 Å². The highest BCUT2D eigenvalue weighted by Gasteiger charge is 2.18. The molecular weight excluding hydrogens is 154 g/mol. The Morgan fingerprint density at radius 2 is 2.25 bits per heavy atom. The minimum atomic E-state index is 0.280. The molecule has 4 nitrogen and oxygen atoms in total. The van der Waals surface area contributed by atoms with E-state index in [0.29, 0.717) is 5.88 Å². The third kappa shape index (κ3) is 1.53. The van der Waals surface area contributed by atoms with Crippen LogP contribution in [0.3, 0.4) is 0 Å². The van der Waals surface area contributed by atoms with Gasteiger partial charge in [-0.15, -0.1) is 5.10 Å². The lowest BCUT2D eigenvalue weighted by Crippen LogP contribution is -2.50. The Hall–Kier alpha value is -1.16. The molecule has 1 aliphatic heterocycles. The van der Waals surface area contributed by atoms with Crippen LogP contribution in [0.2, 0.25) is 0 Å². The Morgan fingerprint density at radius 1 is 1.42 bits per heavy atom. The summed E-state index contributed by atoms with van der Waals surface area (Å²) in [5.74, 6) is 0.618. The summed E-state index contributed by atoms with van der Waals surface area (Å²) >= 11 is 0. The molecule has 0 spiro atoms. The van der Waals surface area contributed by atoms with Crippen molar-refractivity contribution in [2.24, 2.45) is 0 Å². The molecule has 1 aliphatic rings. The van der Waals surface area contributed by atoms with Gasteiger partial charge in [0.15, 0.2) is 0 Å². The number of nitrogens with one attached hydrogen (secondary N) is 1. The highest BCUT2D eigenvalue weighted by molar-refractivity contribution is 5.11. The second-order valence-electron chi connectivity index (χ2n) is 2.91. The maximum Gasteiger partial charge on any atom is 0.233 e. The Bertz CT molecular complexity index is 256. The molecule has 1 saturated heterocycles. The highest BCUT2D eigenvalue weighted by Crippen LogP contribution is 2.08. The molecule has 12 heavy (non-hydrogen) atoms. The lowest BCUT2D eigenvalue weighted by Gasteiger charge is -2.26. The topological polar surface area (TPSA) is 47.0 Å². The molecule has 0 radical (unpaired) electrons. The van der Waals surface area contributed by atoms with Gasteiger partial charge in [0.05, 0.1) is 5.69 Å². The molecule has 1 fully saturated rings. The molecule has 0 unspecified atom stereocenters. The Labute approximate surface area is 71.0 Å². The molecule has 2 heterocycles. The van der Waals surface area contributed by atoms with Crippen LogP contribution in [0.15, 0.2) is 12.1 Å². The summed E-state index contributed by atoms with van der Waals surface area (Å²) in [6, 6.07) is 3.75. The first-order valence-electron chi connectivity index (χ1n) is 4.02. The minimum Gasteiger partial charge on any atom is -0.471 e. The maximum atomic E-state index is 5.47. The average molecular weight is 165 g/mol. The van der Waals surface area contributed by atoms with Crippen LogP contribution in [-0.2, 0) is 0 Å². The molecular formula is C8H11N3O. The largest absolute Gasteiger partial charge is 0.471 e. The first-order chi connectivity index (χ1) is 5.84. The number of nitrogens with zero attached hydrogens (tertiary/aromatic N) is 2. The van der Waals surface area contributed by atoms with Crippen LogP contribution in [0, 0.1) is 6.92 Å². The standard InChI is InChI=1S/C8H11N3O/c1-6-2-3-8(11-10-6)12-7-4-9-5-7/h2-3,7,9H,4-5H2,1H3. The van der Waals surface area contributed by atoms with Crippen molar-refractivity contribution in [3.8, 4) is 5.88 Å². The Morgan fingerprint density at radius 3 is 2.75 bits per heavy atom. The maximum absolute atomic E-state index is 5.47. The van der Waals surface area contributed by atoms with Gasteiger partial charge >= 0.3 is 0 Å². The summed E-state index contributed by atoms with van der Waals surface area (Å²) in [4.78, 5) is 0. The van der Waals surface area contributed by atoms with Gasteiger partial charge in [-0.1, -0.05) is 0 Å². The molecule has 0 saturated carbocycles. The zero-order valence-electron chi connectivity index (χ0n) is 6.95. The molecule has 0 atom stereocenters. The predicted octanol–water partition coefficient (Wildman–Crippen LogP) is 0.136. The molecule has 1 N–H and O–H groups in total. The van der Waals surface area contributed by atoms with E-state index >= 15 is 0 Å². The second kappa shape index (κ2) is 3.06. The van der Waals surface area contributed by atoms with Gasteiger partial charge in [-0.05, 0) is 13.0 Å². The lowest BCUT2D eigenvalue weighted by atomic mass is 10.2. The quantitative estimate of drug-likeness (QED) is 0.677. The van der Waals surface area contributed by atoms with Crippen LogP contribution in [0.1, 0.15) is 5.69 Å². The van der Waals surface area contributed by atoms with Gasteiger partial charge in [-0.3, -0.25) is 0 Å². The van der Waals surface area contributed by atoms with Gasteiger partial charge in [0.25, 0.3) is 0 Å². The lowest BCUT2D eigenvalue weighted by molar-refractivity contribution is 0.134. The number of aromatic nitrogens is 2. The molecule has 0 amide bonds. The van der Waals surface area contributed by atoms with Crippen LogP contribution in [-0.4, -0.2) is 29.4 Å². The molecule has 0 aromatic carbocycles. The van der Waals surface area contributed by atoms with E-state index in [-0.39, 0.29) is 6.10 Å². The van der Waals surface area contributed by atoms with Crippen LogP contribution in [0.4, 0.5) is 0 Å². The average Bonchev–Trinajstić information content (AvgIpc) is 2.00. The van der Waals surface area contributed by atoms with E-state index in [2.05, 4.69) is 15.5 Å². The van der Waals surface area contributed by atoms with E-state index in [9.17, 15) is 0 Å². The molecule has 0 bridgehead atoms. The van der Waals surface area contributed by atoms with E-state index in [0.717, 1.165) is 18.8 Å². The zero-order valence-corrected chi connectivity index (χ0v) is 6.95. The summed E-state index contributed by atoms with van der Waals surface area (Å²) in [7, 11) is 0. The molecule has 64 valence electrons. The third-order valence-electron chi connectivity index (χ3n) is 1.80. The van der Waals surface area contributed by atoms with Gasteiger partial charge in [-0.2, -0.15) is 5.10 Å². The van der Waals surface area contributed by atoms with E-state index in [1.54, 1.807) is 0 Å². The van der Waals surface area contributed by atoms with Crippen molar-refractivity contribution in [2.45, 2.75) is 13.0 Å². The Kier molecular flexibility index (Phi) is 1.91. The monoisotopic (exact) mass is 165 g/mol. The van der Waals surface area contributed by atoms with Crippen molar-refractivity contribution in [3.63, 3.8) is 0 Å². The first-order valence-corrected chi connectivity index (χ1v) is 4.02. The predicted molar refractivity (Wildman–Crippen MR) is 44.1 cm³/mol. The van der Waals surface area contributed by atoms with Gasteiger partial charge in [-0.25, -0.2) is 0 Å². The fourth-order valence-corrected chi connectivity index (χ4v) is 0.966. The van der Waals surface area contributed by atoms with Gasteiger partial charge in [0, 0.05) is 19.2 Å². The van der Waals surface area contributed by atoms with Crippen molar-refractivity contribution < 1.29 is 4.74 Å². The normalized spacial score (nSPS) is 17.1. The van der Waals surface area contributed by atoms with Crippen LogP contribution >= 0.6 is 0 Å². The molecule has 1 aromatic rings. The summed E-state index contributed by atoms with van der Waals surface area (Å²) in [6.45, 7) is 3.73. The SMILES string of the molecule is Cc1ccc(OC2CNC2)nn1. The number of rotatable bonds is 2. The van der Waals surface area contributed by atoms with Crippen LogP contribution in [0.25, 0.3) is 0 Å². The fraction of sp³-hybridized carbons (Fsp3) is 0.500. The molecule has 1 aromatic heterocycles. The number of hydrogen-bond acceptors (Lipinski definition) is 4. The van der Waals surface area contributed by atoms with Crippen LogP contribution < -0.4 is 10.1 Å². The number of aryl methyl sites for hydroxylation is 1. The summed E-state index contributed by atoms with van der Waals surface area (Å²) in [5.41, 5.74) is 0.911. The smallest absolute Gasteiger partial charge is 0.233 e. The first kappa shape index (κ1) is 7.49. The van der Waals surface area contributed by atoms with Crippen molar-refractivity contribution in [3.05, 3.63) is 17.8 Å². The molecule has 4 heteroatoms. The molecule has 2 rings (SSSR count). The van der Waals surface area contributed by atoms with Gasteiger partial charge in [0.1, 0.15) is 6.10 Å². The number of ether oxygens (including phenoxy) is 1. The van der Waals surface area contributed by atoms with Crippen molar-refractivity contribution in [1.29, 1.82) is 0 Å². The minimum absolute atomic E-state index is 0.280. The van der Waals surface area contributed by atoms with Crippen molar-refractivity contribution in [2.75, 3.05) is 13.1 Å².